The lowest BCUT2D eigenvalue weighted by molar-refractivity contribution is 0.390. The maximum absolute atomic E-state index is 6.18. The number of hydrogen-bond donors (Lipinski definition) is 1. The number of hydrogen-bond acceptors (Lipinski definition) is 4. The van der Waals surface area contributed by atoms with E-state index in [4.69, 9.17) is 15.2 Å². The quantitative estimate of drug-likeness (QED) is 0.880. The lowest BCUT2D eigenvalue weighted by Gasteiger charge is -2.13. The van der Waals surface area contributed by atoms with Gasteiger partial charge in [0, 0.05) is 17.0 Å². The zero-order valence-electron chi connectivity index (χ0n) is 11.3. The summed E-state index contributed by atoms with van der Waals surface area (Å²) in [4.78, 5) is 1.23. The molecule has 0 fully saturated rings. The highest BCUT2D eigenvalue weighted by Gasteiger charge is 2.10. The highest BCUT2D eigenvalue weighted by molar-refractivity contribution is 7.10. The van der Waals surface area contributed by atoms with Crippen LogP contribution < -0.4 is 15.2 Å². The average molecular weight is 277 g/mol. The number of benzene rings is 1. The summed E-state index contributed by atoms with van der Waals surface area (Å²) < 4.78 is 10.6. The van der Waals surface area contributed by atoms with E-state index in [-0.39, 0.29) is 6.04 Å². The van der Waals surface area contributed by atoms with Gasteiger partial charge >= 0.3 is 0 Å². The standard InChI is InChI=1S/C15H19NO2S/c1-17-12-7-5-11(14(10-12)18-2)6-8-13(16)15-4-3-9-19-15/h3-5,7,9-10,13H,6,8,16H2,1-2H3. The van der Waals surface area contributed by atoms with E-state index < -0.39 is 0 Å². The minimum absolute atomic E-state index is 0.0896. The van der Waals surface area contributed by atoms with Crippen LogP contribution in [0.3, 0.4) is 0 Å². The van der Waals surface area contributed by atoms with Crippen LogP contribution in [-0.2, 0) is 6.42 Å². The molecule has 1 aromatic carbocycles. The Kier molecular flexibility index (Phi) is 4.82. The molecule has 0 aliphatic rings. The van der Waals surface area contributed by atoms with Gasteiger partial charge in [0.05, 0.1) is 14.2 Å². The van der Waals surface area contributed by atoms with Crippen LogP contribution in [-0.4, -0.2) is 14.2 Å². The van der Waals surface area contributed by atoms with Crippen molar-refractivity contribution in [3.63, 3.8) is 0 Å². The fourth-order valence-corrected chi connectivity index (χ4v) is 2.78. The van der Waals surface area contributed by atoms with Gasteiger partial charge in [0.1, 0.15) is 11.5 Å². The number of methoxy groups -OCH3 is 2. The van der Waals surface area contributed by atoms with Gasteiger partial charge in [-0.3, -0.25) is 0 Å². The van der Waals surface area contributed by atoms with E-state index >= 15 is 0 Å². The SMILES string of the molecule is COc1ccc(CCC(N)c2cccs2)c(OC)c1. The summed E-state index contributed by atoms with van der Waals surface area (Å²) in [5, 5.41) is 2.06. The van der Waals surface area contributed by atoms with Gasteiger partial charge in [0.25, 0.3) is 0 Å². The van der Waals surface area contributed by atoms with Gasteiger partial charge in [-0.2, -0.15) is 0 Å². The zero-order valence-corrected chi connectivity index (χ0v) is 12.1. The van der Waals surface area contributed by atoms with E-state index in [9.17, 15) is 0 Å². The minimum Gasteiger partial charge on any atom is -0.497 e. The Bertz CT molecular complexity index is 511. The van der Waals surface area contributed by atoms with Crippen molar-refractivity contribution in [1.82, 2.24) is 0 Å². The summed E-state index contributed by atoms with van der Waals surface area (Å²) in [5.41, 5.74) is 7.34. The summed E-state index contributed by atoms with van der Waals surface area (Å²) in [5.74, 6) is 1.67. The molecule has 0 amide bonds. The normalized spacial score (nSPS) is 12.2. The molecule has 2 aromatic rings. The van der Waals surface area contributed by atoms with Gasteiger partial charge in [-0.25, -0.2) is 0 Å². The number of rotatable bonds is 6. The molecule has 102 valence electrons. The molecule has 2 N–H and O–H groups in total. The summed E-state index contributed by atoms with van der Waals surface area (Å²) in [6, 6.07) is 10.1. The summed E-state index contributed by atoms with van der Waals surface area (Å²) in [6.07, 6.45) is 1.80. The lowest BCUT2D eigenvalue weighted by Crippen LogP contribution is -2.10. The Morgan fingerprint density at radius 1 is 1.21 bits per heavy atom. The number of ether oxygens (including phenoxy) is 2. The largest absolute Gasteiger partial charge is 0.497 e. The Morgan fingerprint density at radius 2 is 2.05 bits per heavy atom. The molecule has 0 saturated heterocycles. The maximum atomic E-state index is 6.18. The van der Waals surface area contributed by atoms with Gasteiger partial charge < -0.3 is 15.2 Å². The van der Waals surface area contributed by atoms with Gasteiger partial charge in [-0.1, -0.05) is 12.1 Å². The van der Waals surface area contributed by atoms with E-state index in [2.05, 4.69) is 11.4 Å². The molecular formula is C15H19NO2S. The number of aryl methyl sites for hydroxylation is 1. The van der Waals surface area contributed by atoms with Crippen molar-refractivity contribution >= 4 is 11.3 Å². The number of nitrogens with two attached hydrogens (primary N) is 1. The third-order valence-corrected chi connectivity index (χ3v) is 4.13. The van der Waals surface area contributed by atoms with E-state index in [0.29, 0.717) is 0 Å². The van der Waals surface area contributed by atoms with Crippen molar-refractivity contribution in [3.8, 4) is 11.5 Å². The molecule has 1 aromatic heterocycles. The third-order valence-electron chi connectivity index (χ3n) is 3.13. The molecule has 1 atom stereocenters. The van der Waals surface area contributed by atoms with E-state index in [1.807, 2.05) is 24.3 Å². The van der Waals surface area contributed by atoms with Crippen molar-refractivity contribution in [2.75, 3.05) is 14.2 Å². The van der Waals surface area contributed by atoms with E-state index in [1.54, 1.807) is 25.6 Å². The monoisotopic (exact) mass is 277 g/mol. The first-order valence-corrected chi connectivity index (χ1v) is 7.12. The highest BCUT2D eigenvalue weighted by atomic mass is 32.1. The first-order valence-electron chi connectivity index (χ1n) is 6.24. The molecule has 0 saturated carbocycles. The van der Waals surface area contributed by atoms with Crippen LogP contribution in [0.2, 0.25) is 0 Å². The molecule has 2 rings (SSSR count). The predicted molar refractivity (Wildman–Crippen MR) is 79.1 cm³/mol. The fourth-order valence-electron chi connectivity index (χ4n) is 2.01. The topological polar surface area (TPSA) is 44.5 Å². The number of thiophene rings is 1. The van der Waals surface area contributed by atoms with Crippen LogP contribution in [0.25, 0.3) is 0 Å². The molecule has 0 bridgehead atoms. The summed E-state index contributed by atoms with van der Waals surface area (Å²) in [7, 11) is 3.33. The Morgan fingerprint density at radius 3 is 2.68 bits per heavy atom. The third kappa shape index (κ3) is 3.49. The van der Waals surface area contributed by atoms with E-state index in [0.717, 1.165) is 29.9 Å². The molecule has 0 aliphatic carbocycles. The van der Waals surface area contributed by atoms with Crippen LogP contribution >= 0.6 is 11.3 Å². The van der Waals surface area contributed by atoms with Gasteiger partial charge in [0.2, 0.25) is 0 Å². The van der Waals surface area contributed by atoms with Crippen LogP contribution in [0.15, 0.2) is 35.7 Å². The molecule has 4 heteroatoms. The molecule has 3 nitrogen and oxygen atoms in total. The Balaban J connectivity index is 2.03. The van der Waals surface area contributed by atoms with Gasteiger partial charge in [-0.05, 0) is 35.9 Å². The van der Waals surface area contributed by atoms with Gasteiger partial charge in [0.15, 0.2) is 0 Å². The molecule has 0 radical (unpaired) electrons. The van der Waals surface area contributed by atoms with Crippen molar-refractivity contribution in [1.29, 1.82) is 0 Å². The van der Waals surface area contributed by atoms with Crippen molar-refractivity contribution in [2.24, 2.45) is 5.73 Å². The predicted octanol–water partition coefficient (Wildman–Crippen LogP) is 3.40. The second-order valence-electron chi connectivity index (χ2n) is 4.34. The summed E-state index contributed by atoms with van der Waals surface area (Å²) >= 11 is 1.71. The Labute approximate surface area is 118 Å². The van der Waals surface area contributed by atoms with Crippen molar-refractivity contribution in [2.45, 2.75) is 18.9 Å². The van der Waals surface area contributed by atoms with Crippen LogP contribution in [0.4, 0.5) is 0 Å². The zero-order chi connectivity index (χ0) is 13.7. The van der Waals surface area contributed by atoms with Crippen molar-refractivity contribution < 1.29 is 9.47 Å². The maximum Gasteiger partial charge on any atom is 0.125 e. The highest BCUT2D eigenvalue weighted by Crippen LogP contribution is 2.28. The lowest BCUT2D eigenvalue weighted by atomic mass is 10.0. The molecule has 0 spiro atoms. The molecular weight excluding hydrogens is 258 g/mol. The second kappa shape index (κ2) is 6.59. The summed E-state index contributed by atoms with van der Waals surface area (Å²) in [6.45, 7) is 0. The molecule has 1 unspecified atom stereocenters. The van der Waals surface area contributed by atoms with Gasteiger partial charge in [-0.15, -0.1) is 11.3 Å². The van der Waals surface area contributed by atoms with Crippen LogP contribution in [0, 0.1) is 0 Å². The first-order chi connectivity index (χ1) is 9.24. The average Bonchev–Trinajstić information content (AvgIpc) is 2.98. The van der Waals surface area contributed by atoms with Crippen molar-refractivity contribution in [3.05, 3.63) is 46.2 Å². The molecule has 0 aliphatic heterocycles. The Hall–Kier alpha value is -1.52. The minimum atomic E-state index is 0.0896. The molecule has 19 heavy (non-hydrogen) atoms. The van der Waals surface area contributed by atoms with E-state index in [1.165, 1.54) is 4.88 Å². The second-order valence-corrected chi connectivity index (χ2v) is 5.32. The van der Waals surface area contributed by atoms with Crippen LogP contribution in [0.5, 0.6) is 11.5 Å². The smallest absolute Gasteiger partial charge is 0.125 e. The molecule has 1 heterocycles. The first kappa shape index (κ1) is 13.9. The fraction of sp³-hybridized carbons (Fsp3) is 0.333. The van der Waals surface area contributed by atoms with Crippen LogP contribution in [0.1, 0.15) is 22.9 Å².